The molecule has 6 nitrogen and oxygen atoms in total. The molecule has 0 aliphatic carbocycles. The summed E-state index contributed by atoms with van der Waals surface area (Å²) in [5.74, 6) is -0.683. The highest BCUT2D eigenvalue weighted by Gasteiger charge is 2.22. The van der Waals surface area contributed by atoms with Crippen LogP contribution in [0, 0.1) is 5.82 Å². The average molecular weight is 344 g/mol. The fourth-order valence-corrected chi connectivity index (χ4v) is 2.93. The highest BCUT2D eigenvalue weighted by molar-refractivity contribution is 5.86. The van der Waals surface area contributed by atoms with Gasteiger partial charge >= 0.3 is 5.97 Å². The van der Waals surface area contributed by atoms with Gasteiger partial charge < -0.3 is 4.74 Å². The van der Waals surface area contributed by atoms with Crippen LogP contribution in [0.1, 0.15) is 34.9 Å². The van der Waals surface area contributed by atoms with Gasteiger partial charge in [0.05, 0.1) is 19.3 Å². The number of rotatable bonds is 5. The molecule has 0 saturated carbocycles. The molecule has 1 saturated heterocycles. The molecule has 0 amide bonds. The number of piperidine rings is 1. The predicted molar refractivity (Wildman–Crippen MR) is 91.5 cm³/mol. The zero-order chi connectivity index (χ0) is 17.6. The largest absolute Gasteiger partial charge is 0.464 e. The molecular formula is C18H21FN4O2. The molecule has 1 aliphatic rings. The molecule has 2 aromatic rings. The van der Waals surface area contributed by atoms with Crippen LogP contribution in [0.4, 0.5) is 4.39 Å². The Morgan fingerprint density at radius 3 is 2.72 bits per heavy atom. The molecule has 7 heteroatoms. The molecule has 1 aromatic carbocycles. The Morgan fingerprint density at radius 1 is 1.32 bits per heavy atom. The maximum atomic E-state index is 12.9. The summed E-state index contributed by atoms with van der Waals surface area (Å²) in [7, 11) is 1.33. The van der Waals surface area contributed by atoms with Crippen LogP contribution in [0.2, 0.25) is 0 Å². The summed E-state index contributed by atoms with van der Waals surface area (Å²) in [5.41, 5.74) is 1.24. The van der Waals surface area contributed by atoms with Gasteiger partial charge in [0.1, 0.15) is 5.82 Å². The molecule has 0 spiro atoms. The van der Waals surface area contributed by atoms with E-state index in [-0.39, 0.29) is 17.6 Å². The summed E-state index contributed by atoms with van der Waals surface area (Å²) in [6.45, 7) is 2.76. The van der Waals surface area contributed by atoms with E-state index in [4.69, 9.17) is 0 Å². The van der Waals surface area contributed by atoms with E-state index in [1.165, 1.54) is 19.2 Å². The van der Waals surface area contributed by atoms with E-state index < -0.39 is 5.97 Å². The quantitative estimate of drug-likeness (QED) is 0.780. The van der Waals surface area contributed by atoms with Crippen molar-refractivity contribution in [2.75, 3.05) is 26.7 Å². The molecule has 1 aliphatic heterocycles. The van der Waals surface area contributed by atoms with Crippen LogP contribution in [-0.2, 0) is 4.74 Å². The predicted octanol–water partition coefficient (Wildman–Crippen LogP) is 2.55. The second-order valence-corrected chi connectivity index (χ2v) is 6.06. The topological polar surface area (TPSA) is 60.2 Å². The molecule has 0 radical (unpaired) electrons. The summed E-state index contributed by atoms with van der Waals surface area (Å²) >= 11 is 0. The molecule has 0 bridgehead atoms. The van der Waals surface area contributed by atoms with Gasteiger partial charge in [-0.2, -0.15) is 0 Å². The number of carbonyl (C=O) groups is 1. The van der Waals surface area contributed by atoms with Crippen molar-refractivity contribution in [1.29, 1.82) is 0 Å². The molecule has 0 atom stereocenters. The van der Waals surface area contributed by atoms with Gasteiger partial charge in [0.25, 0.3) is 0 Å². The monoisotopic (exact) mass is 344 g/mol. The van der Waals surface area contributed by atoms with Crippen LogP contribution in [0.25, 0.3) is 6.08 Å². The number of carbonyl (C=O) groups excluding carboxylic acids is 1. The minimum absolute atomic E-state index is 0.220. The van der Waals surface area contributed by atoms with Crippen molar-refractivity contribution in [1.82, 2.24) is 19.9 Å². The maximum absolute atomic E-state index is 12.9. The van der Waals surface area contributed by atoms with Crippen molar-refractivity contribution >= 4 is 12.0 Å². The number of likely N-dealkylation sites (tertiary alicyclic amines) is 1. The van der Waals surface area contributed by atoms with Crippen LogP contribution >= 0.6 is 0 Å². The number of hydrogen-bond donors (Lipinski definition) is 0. The Balaban J connectivity index is 1.47. The van der Waals surface area contributed by atoms with E-state index in [0.29, 0.717) is 0 Å². The summed E-state index contributed by atoms with van der Waals surface area (Å²) < 4.78 is 19.3. The van der Waals surface area contributed by atoms with Gasteiger partial charge in [-0.1, -0.05) is 29.5 Å². The van der Waals surface area contributed by atoms with E-state index >= 15 is 0 Å². The zero-order valence-electron chi connectivity index (χ0n) is 14.1. The summed E-state index contributed by atoms with van der Waals surface area (Å²) in [4.78, 5) is 13.8. The van der Waals surface area contributed by atoms with E-state index in [2.05, 4.69) is 26.0 Å². The van der Waals surface area contributed by atoms with E-state index in [1.54, 1.807) is 23.0 Å². The Bertz CT molecular complexity index is 734. The first-order valence-electron chi connectivity index (χ1n) is 8.30. The molecule has 2 heterocycles. The maximum Gasteiger partial charge on any atom is 0.360 e. The number of hydrogen-bond acceptors (Lipinski definition) is 5. The summed E-state index contributed by atoms with van der Waals surface area (Å²) in [6.07, 6.45) is 7.66. The highest BCUT2D eigenvalue weighted by atomic mass is 19.1. The molecule has 0 N–H and O–H groups in total. The van der Waals surface area contributed by atoms with Gasteiger partial charge in [0, 0.05) is 19.6 Å². The first-order valence-corrected chi connectivity index (χ1v) is 8.30. The molecule has 0 unspecified atom stereocenters. The lowest BCUT2D eigenvalue weighted by atomic mass is 10.1. The number of esters is 1. The summed E-state index contributed by atoms with van der Waals surface area (Å²) in [6, 6.07) is 6.71. The molecular weight excluding hydrogens is 323 g/mol. The fraction of sp³-hybridized carbons (Fsp3) is 0.389. The van der Waals surface area contributed by atoms with E-state index in [9.17, 15) is 9.18 Å². The van der Waals surface area contributed by atoms with Crippen molar-refractivity contribution in [3.05, 3.63) is 53.6 Å². The Morgan fingerprint density at radius 2 is 2.04 bits per heavy atom. The van der Waals surface area contributed by atoms with Crippen molar-refractivity contribution in [3.8, 4) is 0 Å². The number of aromatic nitrogens is 3. The van der Waals surface area contributed by atoms with Crippen molar-refractivity contribution in [3.63, 3.8) is 0 Å². The second-order valence-electron chi connectivity index (χ2n) is 6.06. The first-order chi connectivity index (χ1) is 12.2. The van der Waals surface area contributed by atoms with Crippen LogP contribution in [0.5, 0.6) is 0 Å². The Kier molecular flexibility index (Phi) is 5.55. The third-order valence-electron chi connectivity index (χ3n) is 4.38. The third kappa shape index (κ3) is 4.51. The molecule has 1 fully saturated rings. The van der Waals surface area contributed by atoms with Crippen LogP contribution < -0.4 is 0 Å². The van der Waals surface area contributed by atoms with Gasteiger partial charge in [0.15, 0.2) is 5.69 Å². The summed E-state index contributed by atoms with van der Waals surface area (Å²) in [5, 5.41) is 7.90. The van der Waals surface area contributed by atoms with Crippen molar-refractivity contribution in [2.45, 2.75) is 18.9 Å². The van der Waals surface area contributed by atoms with E-state index in [0.717, 1.165) is 38.0 Å². The smallest absolute Gasteiger partial charge is 0.360 e. The van der Waals surface area contributed by atoms with Crippen LogP contribution in [0.15, 0.2) is 36.5 Å². The normalized spacial score (nSPS) is 16.4. The first kappa shape index (κ1) is 17.3. The van der Waals surface area contributed by atoms with Gasteiger partial charge in [0.2, 0.25) is 0 Å². The van der Waals surface area contributed by atoms with Crippen LogP contribution in [0.3, 0.4) is 0 Å². The van der Waals surface area contributed by atoms with Gasteiger partial charge in [-0.15, -0.1) is 5.10 Å². The number of ether oxygens (including phenoxy) is 1. The number of methoxy groups -OCH3 is 1. The number of nitrogens with zero attached hydrogens (tertiary/aromatic N) is 4. The van der Waals surface area contributed by atoms with Gasteiger partial charge in [-0.25, -0.2) is 13.9 Å². The number of benzene rings is 1. The van der Waals surface area contributed by atoms with Gasteiger partial charge in [-0.3, -0.25) is 4.90 Å². The second kappa shape index (κ2) is 8.02. The average Bonchev–Trinajstić information content (AvgIpc) is 3.13. The lowest BCUT2D eigenvalue weighted by molar-refractivity contribution is 0.0594. The minimum Gasteiger partial charge on any atom is -0.464 e. The fourth-order valence-electron chi connectivity index (χ4n) is 2.93. The van der Waals surface area contributed by atoms with Crippen molar-refractivity contribution in [2.24, 2.45) is 0 Å². The SMILES string of the molecule is COC(=O)c1cn(C2CCN(CC=Cc3ccc(F)cc3)CC2)nn1. The zero-order valence-corrected chi connectivity index (χ0v) is 14.1. The highest BCUT2D eigenvalue weighted by Crippen LogP contribution is 2.21. The lowest BCUT2D eigenvalue weighted by Gasteiger charge is -2.30. The minimum atomic E-state index is -0.463. The van der Waals surface area contributed by atoms with Crippen molar-refractivity contribution < 1.29 is 13.9 Å². The van der Waals surface area contributed by atoms with Gasteiger partial charge in [-0.05, 0) is 30.5 Å². The van der Waals surface area contributed by atoms with E-state index in [1.807, 2.05) is 6.08 Å². The molecule has 25 heavy (non-hydrogen) atoms. The molecule has 3 rings (SSSR count). The standard InChI is InChI=1S/C18H21FN4O2/c1-25-18(24)17-13-23(21-20-17)16-8-11-22(12-9-16)10-2-3-14-4-6-15(19)7-5-14/h2-7,13,16H,8-12H2,1H3. The number of halogens is 1. The van der Waals surface area contributed by atoms with Crippen LogP contribution in [-0.4, -0.2) is 52.6 Å². The Hall–Kier alpha value is -2.54. The lowest BCUT2D eigenvalue weighted by Crippen LogP contribution is -2.34. The molecule has 1 aromatic heterocycles. The third-order valence-corrected chi connectivity index (χ3v) is 4.38. The molecule has 132 valence electrons. The Labute approximate surface area is 145 Å².